The van der Waals surface area contributed by atoms with Gasteiger partial charge in [-0.15, -0.1) is 5.10 Å². The molecule has 0 radical (unpaired) electrons. The van der Waals surface area contributed by atoms with Crippen molar-refractivity contribution in [1.82, 2.24) is 30.1 Å². The first kappa shape index (κ1) is 17.6. The summed E-state index contributed by atoms with van der Waals surface area (Å²) in [5, 5.41) is 26.4. The molecule has 0 atom stereocenters. The molecule has 1 saturated heterocycles. The van der Waals surface area contributed by atoms with Gasteiger partial charge in [0.05, 0.1) is 23.5 Å². The van der Waals surface area contributed by atoms with Gasteiger partial charge in [-0.25, -0.2) is 4.68 Å². The third kappa shape index (κ3) is 3.27. The van der Waals surface area contributed by atoms with Crippen molar-refractivity contribution >= 4 is 16.8 Å². The minimum Gasteiger partial charge on any atom is -0.393 e. The van der Waals surface area contributed by atoms with Gasteiger partial charge in [0.1, 0.15) is 11.4 Å². The number of aromatic nitrogens is 5. The molecule has 0 unspecified atom stereocenters. The van der Waals surface area contributed by atoms with Crippen molar-refractivity contribution in [3.05, 3.63) is 60.3 Å². The summed E-state index contributed by atoms with van der Waals surface area (Å²) in [5.41, 5.74) is 3.82. The molecule has 3 heterocycles. The largest absolute Gasteiger partial charge is 0.393 e. The van der Waals surface area contributed by atoms with E-state index >= 15 is 0 Å². The van der Waals surface area contributed by atoms with Gasteiger partial charge in [0.2, 0.25) is 0 Å². The monoisotopic (exact) mass is 388 g/mol. The Hall–Kier alpha value is -3.52. The molecule has 8 nitrogen and oxygen atoms in total. The van der Waals surface area contributed by atoms with Gasteiger partial charge >= 0.3 is 0 Å². The molecule has 0 spiro atoms. The summed E-state index contributed by atoms with van der Waals surface area (Å²) >= 11 is 0. The summed E-state index contributed by atoms with van der Waals surface area (Å²) in [4.78, 5) is 14.4. The summed E-state index contributed by atoms with van der Waals surface area (Å²) in [5.74, 6) is -0.00859. The lowest BCUT2D eigenvalue weighted by Crippen LogP contribution is -2.40. The van der Waals surface area contributed by atoms with Crippen molar-refractivity contribution in [2.24, 2.45) is 0 Å². The fraction of sp³-hybridized carbons (Fsp3) is 0.238. The minimum atomic E-state index is -0.297. The molecule has 0 bridgehead atoms. The number of fused-ring (bicyclic) bond motifs is 1. The summed E-state index contributed by atoms with van der Waals surface area (Å²) in [6, 6.07) is 15.2. The van der Waals surface area contributed by atoms with Crippen LogP contribution < -0.4 is 0 Å². The van der Waals surface area contributed by atoms with E-state index in [9.17, 15) is 9.90 Å². The van der Waals surface area contributed by atoms with Gasteiger partial charge in [0.25, 0.3) is 5.91 Å². The summed E-state index contributed by atoms with van der Waals surface area (Å²) in [7, 11) is 0. The minimum absolute atomic E-state index is 0.00859. The first-order valence-electron chi connectivity index (χ1n) is 9.62. The van der Waals surface area contributed by atoms with E-state index in [0.29, 0.717) is 37.2 Å². The van der Waals surface area contributed by atoms with E-state index in [1.165, 1.54) is 0 Å². The maximum atomic E-state index is 12.6. The zero-order chi connectivity index (χ0) is 19.8. The van der Waals surface area contributed by atoms with Crippen molar-refractivity contribution in [2.45, 2.75) is 18.9 Å². The van der Waals surface area contributed by atoms with Crippen molar-refractivity contribution in [3.63, 3.8) is 0 Å². The number of piperidine rings is 1. The number of benzene rings is 2. The first-order valence-corrected chi connectivity index (χ1v) is 9.62. The zero-order valence-electron chi connectivity index (χ0n) is 15.7. The van der Waals surface area contributed by atoms with E-state index in [1.807, 2.05) is 42.6 Å². The molecule has 1 aliphatic rings. The molecule has 1 fully saturated rings. The molecule has 146 valence electrons. The van der Waals surface area contributed by atoms with Crippen LogP contribution in [-0.4, -0.2) is 60.3 Å². The number of aliphatic hydroxyl groups is 1. The lowest BCUT2D eigenvalue weighted by Gasteiger charge is -2.29. The van der Waals surface area contributed by atoms with Crippen LogP contribution in [0.4, 0.5) is 0 Å². The number of rotatable bonds is 3. The van der Waals surface area contributed by atoms with Gasteiger partial charge < -0.3 is 10.0 Å². The quantitative estimate of drug-likeness (QED) is 0.561. The molecule has 0 saturated carbocycles. The average Bonchev–Trinajstić information content (AvgIpc) is 3.41. The topological polar surface area (TPSA) is 99.9 Å². The van der Waals surface area contributed by atoms with Gasteiger partial charge in [0.15, 0.2) is 0 Å². The molecule has 8 heteroatoms. The SMILES string of the molecule is O=C(c1ccc(-n2cc(-c3n[nH]c4ccccc34)nn2)cc1)N1CCC(O)CC1. The van der Waals surface area contributed by atoms with Crippen LogP contribution in [0.3, 0.4) is 0 Å². The summed E-state index contributed by atoms with van der Waals surface area (Å²) < 4.78 is 1.67. The van der Waals surface area contributed by atoms with Crippen LogP contribution in [0.1, 0.15) is 23.2 Å². The fourth-order valence-corrected chi connectivity index (χ4v) is 3.67. The van der Waals surface area contributed by atoms with Crippen LogP contribution in [0, 0.1) is 0 Å². The van der Waals surface area contributed by atoms with Crippen molar-refractivity contribution in [1.29, 1.82) is 0 Å². The molecule has 5 rings (SSSR count). The third-order valence-corrected chi connectivity index (χ3v) is 5.34. The Balaban J connectivity index is 1.36. The van der Waals surface area contributed by atoms with E-state index < -0.39 is 0 Å². The molecular formula is C21H20N6O2. The van der Waals surface area contributed by atoms with Crippen LogP contribution in [0.15, 0.2) is 54.7 Å². The molecule has 2 N–H and O–H groups in total. The number of hydrogen-bond donors (Lipinski definition) is 2. The number of aromatic amines is 1. The van der Waals surface area contributed by atoms with Gasteiger partial charge in [-0.3, -0.25) is 9.89 Å². The highest BCUT2D eigenvalue weighted by Crippen LogP contribution is 2.24. The van der Waals surface area contributed by atoms with E-state index in [2.05, 4.69) is 20.5 Å². The number of hydrogen-bond acceptors (Lipinski definition) is 5. The number of amides is 1. The highest BCUT2D eigenvalue weighted by molar-refractivity contribution is 5.94. The molecule has 2 aromatic heterocycles. The van der Waals surface area contributed by atoms with Crippen molar-refractivity contribution < 1.29 is 9.90 Å². The lowest BCUT2D eigenvalue weighted by atomic mass is 10.1. The predicted molar refractivity (Wildman–Crippen MR) is 108 cm³/mol. The zero-order valence-corrected chi connectivity index (χ0v) is 15.7. The second-order valence-corrected chi connectivity index (χ2v) is 7.24. The Morgan fingerprint density at radius 1 is 1.07 bits per heavy atom. The molecule has 2 aromatic carbocycles. The molecule has 0 aliphatic carbocycles. The van der Waals surface area contributed by atoms with Crippen LogP contribution in [-0.2, 0) is 0 Å². The van der Waals surface area contributed by atoms with Crippen LogP contribution >= 0.6 is 0 Å². The van der Waals surface area contributed by atoms with Gasteiger partial charge in [-0.2, -0.15) is 5.10 Å². The Kier molecular flexibility index (Phi) is 4.33. The molecule has 1 amide bonds. The van der Waals surface area contributed by atoms with Crippen LogP contribution in [0.5, 0.6) is 0 Å². The highest BCUT2D eigenvalue weighted by Gasteiger charge is 2.22. The second-order valence-electron chi connectivity index (χ2n) is 7.24. The fourth-order valence-electron chi connectivity index (χ4n) is 3.67. The van der Waals surface area contributed by atoms with Crippen molar-refractivity contribution in [3.8, 4) is 17.1 Å². The Morgan fingerprint density at radius 3 is 2.62 bits per heavy atom. The summed E-state index contributed by atoms with van der Waals surface area (Å²) in [6.45, 7) is 1.18. The van der Waals surface area contributed by atoms with Gasteiger partial charge in [-0.1, -0.05) is 23.4 Å². The highest BCUT2D eigenvalue weighted by atomic mass is 16.3. The third-order valence-electron chi connectivity index (χ3n) is 5.34. The van der Waals surface area contributed by atoms with E-state index in [-0.39, 0.29) is 12.0 Å². The number of carbonyl (C=O) groups is 1. The van der Waals surface area contributed by atoms with Gasteiger partial charge in [-0.05, 0) is 43.2 Å². The second kappa shape index (κ2) is 7.14. The molecular weight excluding hydrogens is 368 g/mol. The number of aliphatic hydroxyl groups excluding tert-OH is 1. The molecule has 1 aliphatic heterocycles. The Morgan fingerprint density at radius 2 is 1.83 bits per heavy atom. The maximum Gasteiger partial charge on any atom is 0.253 e. The van der Waals surface area contributed by atoms with Crippen molar-refractivity contribution in [2.75, 3.05) is 13.1 Å². The van der Waals surface area contributed by atoms with Crippen LogP contribution in [0.2, 0.25) is 0 Å². The number of H-pyrrole nitrogens is 1. The number of para-hydroxylation sites is 1. The number of nitrogens with one attached hydrogen (secondary N) is 1. The lowest BCUT2D eigenvalue weighted by molar-refractivity contribution is 0.0546. The van der Waals surface area contributed by atoms with Gasteiger partial charge in [0, 0.05) is 24.0 Å². The van der Waals surface area contributed by atoms with E-state index in [0.717, 1.165) is 22.3 Å². The number of likely N-dealkylation sites (tertiary alicyclic amines) is 1. The average molecular weight is 388 g/mol. The Bertz CT molecular complexity index is 1160. The smallest absolute Gasteiger partial charge is 0.253 e. The first-order chi connectivity index (χ1) is 14.2. The molecule has 4 aromatic rings. The van der Waals surface area contributed by atoms with E-state index in [4.69, 9.17) is 0 Å². The normalized spacial score (nSPS) is 15.1. The Labute approximate surface area is 166 Å². The van der Waals surface area contributed by atoms with Crippen LogP contribution in [0.25, 0.3) is 28.0 Å². The van der Waals surface area contributed by atoms with E-state index in [1.54, 1.807) is 21.7 Å². The predicted octanol–water partition coefficient (Wildman–Crippen LogP) is 2.41. The maximum absolute atomic E-state index is 12.6. The number of carbonyl (C=O) groups excluding carboxylic acids is 1. The standard InChI is InChI=1S/C21H20N6O2/c28-16-9-11-26(12-10-16)21(29)14-5-7-15(8-6-14)27-13-19(23-25-27)20-17-3-1-2-4-18(17)22-24-20/h1-8,13,16,28H,9-12H2,(H,22,24). The summed E-state index contributed by atoms with van der Waals surface area (Å²) in [6.07, 6.45) is 2.79. The number of nitrogens with zero attached hydrogens (tertiary/aromatic N) is 5. The molecule has 29 heavy (non-hydrogen) atoms.